The Morgan fingerprint density at radius 2 is 1.86 bits per heavy atom. The van der Waals surface area contributed by atoms with Crippen molar-refractivity contribution in [3.63, 3.8) is 0 Å². The van der Waals surface area contributed by atoms with Crippen LogP contribution in [0.1, 0.15) is 31.2 Å². The predicted octanol–water partition coefficient (Wildman–Crippen LogP) is 3.78. The SMILES string of the molecule is COc1ccccc1-c1ccc(CNC2CC(N(CC(=O)O)CC3CC3)C2)cc1. The average Bonchev–Trinajstić information content (AvgIpc) is 3.50. The molecule has 154 valence electrons. The van der Waals surface area contributed by atoms with Crippen LogP contribution in [0, 0.1) is 5.92 Å². The van der Waals surface area contributed by atoms with Gasteiger partial charge in [-0.1, -0.05) is 42.5 Å². The smallest absolute Gasteiger partial charge is 0.317 e. The van der Waals surface area contributed by atoms with E-state index in [1.165, 1.54) is 18.4 Å². The van der Waals surface area contributed by atoms with Crippen molar-refractivity contribution in [2.24, 2.45) is 5.92 Å². The lowest BCUT2D eigenvalue weighted by atomic mass is 9.85. The first-order valence-corrected chi connectivity index (χ1v) is 10.5. The molecule has 4 rings (SSSR count). The van der Waals surface area contributed by atoms with Gasteiger partial charge in [0.25, 0.3) is 0 Å². The van der Waals surface area contributed by atoms with Crippen LogP contribution in [-0.2, 0) is 11.3 Å². The minimum Gasteiger partial charge on any atom is -0.496 e. The van der Waals surface area contributed by atoms with Gasteiger partial charge in [-0.05, 0) is 48.8 Å². The highest BCUT2D eigenvalue weighted by atomic mass is 16.5. The van der Waals surface area contributed by atoms with Crippen molar-refractivity contribution in [2.75, 3.05) is 20.2 Å². The summed E-state index contributed by atoms with van der Waals surface area (Å²) in [5.74, 6) is 0.899. The number of benzene rings is 2. The summed E-state index contributed by atoms with van der Waals surface area (Å²) in [6.45, 7) is 1.97. The highest BCUT2D eigenvalue weighted by Gasteiger charge is 2.36. The van der Waals surface area contributed by atoms with Crippen molar-refractivity contribution < 1.29 is 14.6 Å². The van der Waals surface area contributed by atoms with Crippen molar-refractivity contribution in [3.8, 4) is 16.9 Å². The monoisotopic (exact) mass is 394 g/mol. The zero-order valence-corrected chi connectivity index (χ0v) is 17.0. The summed E-state index contributed by atoms with van der Waals surface area (Å²) < 4.78 is 5.46. The van der Waals surface area contributed by atoms with Crippen LogP contribution in [0.15, 0.2) is 48.5 Å². The topological polar surface area (TPSA) is 61.8 Å². The highest BCUT2D eigenvalue weighted by Crippen LogP contribution is 2.34. The molecule has 2 aliphatic rings. The Morgan fingerprint density at radius 1 is 1.14 bits per heavy atom. The van der Waals surface area contributed by atoms with E-state index in [9.17, 15) is 9.90 Å². The average molecular weight is 395 g/mol. The minimum absolute atomic E-state index is 0.179. The second-order valence-electron chi connectivity index (χ2n) is 8.37. The van der Waals surface area contributed by atoms with Gasteiger partial charge in [-0.25, -0.2) is 0 Å². The van der Waals surface area contributed by atoms with Gasteiger partial charge < -0.3 is 15.2 Å². The first-order chi connectivity index (χ1) is 14.1. The van der Waals surface area contributed by atoms with E-state index in [2.05, 4.69) is 40.5 Å². The number of nitrogens with one attached hydrogen (secondary N) is 1. The molecule has 0 heterocycles. The molecule has 5 heteroatoms. The molecular formula is C24H30N2O3. The Hall–Kier alpha value is -2.37. The van der Waals surface area contributed by atoms with E-state index < -0.39 is 5.97 Å². The number of carbonyl (C=O) groups is 1. The number of para-hydroxylation sites is 1. The maximum Gasteiger partial charge on any atom is 0.317 e. The number of aliphatic carboxylic acids is 1. The third-order valence-electron chi connectivity index (χ3n) is 6.12. The summed E-state index contributed by atoms with van der Waals surface area (Å²) in [5.41, 5.74) is 3.51. The van der Waals surface area contributed by atoms with Gasteiger partial charge in [0.2, 0.25) is 0 Å². The molecular weight excluding hydrogens is 364 g/mol. The maximum absolute atomic E-state index is 11.2. The number of hydrogen-bond donors (Lipinski definition) is 2. The molecule has 2 aromatic carbocycles. The fourth-order valence-corrected chi connectivity index (χ4v) is 4.15. The quantitative estimate of drug-likeness (QED) is 0.642. The number of carboxylic acid groups (broad SMARTS) is 1. The Kier molecular flexibility index (Phi) is 6.16. The van der Waals surface area contributed by atoms with E-state index in [4.69, 9.17) is 4.74 Å². The van der Waals surface area contributed by atoms with Crippen LogP contribution < -0.4 is 10.1 Å². The molecule has 2 N–H and O–H groups in total. The minimum atomic E-state index is -0.711. The third kappa shape index (κ3) is 5.17. The van der Waals surface area contributed by atoms with E-state index >= 15 is 0 Å². The number of carboxylic acids is 1. The Bertz CT molecular complexity index is 826. The predicted molar refractivity (Wildman–Crippen MR) is 114 cm³/mol. The summed E-state index contributed by atoms with van der Waals surface area (Å²) in [5, 5.41) is 12.8. The number of ether oxygens (including phenoxy) is 1. The largest absolute Gasteiger partial charge is 0.496 e. The van der Waals surface area contributed by atoms with Gasteiger partial charge in [-0.3, -0.25) is 9.69 Å². The van der Waals surface area contributed by atoms with Crippen molar-refractivity contribution in [1.82, 2.24) is 10.2 Å². The molecule has 0 aromatic heterocycles. The molecule has 0 unspecified atom stereocenters. The van der Waals surface area contributed by atoms with E-state index in [0.29, 0.717) is 12.1 Å². The number of rotatable bonds is 10. The Labute approximate surface area is 172 Å². The van der Waals surface area contributed by atoms with Gasteiger partial charge in [0.15, 0.2) is 0 Å². The molecule has 2 saturated carbocycles. The van der Waals surface area contributed by atoms with Crippen LogP contribution in [0.25, 0.3) is 11.1 Å². The summed E-state index contributed by atoms with van der Waals surface area (Å²) >= 11 is 0. The molecule has 0 amide bonds. The summed E-state index contributed by atoms with van der Waals surface area (Å²) in [7, 11) is 1.70. The first-order valence-electron chi connectivity index (χ1n) is 10.5. The highest BCUT2D eigenvalue weighted by molar-refractivity contribution is 5.70. The second-order valence-corrected chi connectivity index (χ2v) is 8.37. The summed E-state index contributed by atoms with van der Waals surface area (Å²) in [6.07, 6.45) is 4.60. The number of methoxy groups -OCH3 is 1. The second kappa shape index (κ2) is 8.97. The fraction of sp³-hybridized carbons (Fsp3) is 0.458. The zero-order valence-electron chi connectivity index (χ0n) is 17.0. The van der Waals surface area contributed by atoms with Gasteiger partial charge in [0.05, 0.1) is 13.7 Å². The van der Waals surface area contributed by atoms with Crippen LogP contribution in [0.5, 0.6) is 5.75 Å². The molecule has 2 aromatic rings. The molecule has 2 aliphatic carbocycles. The zero-order chi connectivity index (χ0) is 20.2. The van der Waals surface area contributed by atoms with Gasteiger partial charge in [0, 0.05) is 30.7 Å². The number of nitrogens with zero attached hydrogens (tertiary/aromatic N) is 1. The van der Waals surface area contributed by atoms with Crippen LogP contribution >= 0.6 is 0 Å². The molecule has 0 aliphatic heterocycles. The van der Waals surface area contributed by atoms with E-state index in [1.54, 1.807) is 7.11 Å². The molecule has 29 heavy (non-hydrogen) atoms. The molecule has 0 radical (unpaired) electrons. The molecule has 5 nitrogen and oxygen atoms in total. The van der Waals surface area contributed by atoms with Crippen LogP contribution in [0.2, 0.25) is 0 Å². The molecule has 0 bridgehead atoms. The standard InChI is InChI=1S/C24H30N2O3/c1-29-23-5-3-2-4-22(23)19-10-8-17(9-11-19)14-25-20-12-21(13-20)26(16-24(27)28)15-18-6-7-18/h2-5,8-11,18,20-21,25H,6-7,12-16H2,1H3,(H,27,28). The summed E-state index contributed by atoms with van der Waals surface area (Å²) in [4.78, 5) is 13.3. The lowest BCUT2D eigenvalue weighted by Crippen LogP contribution is -2.54. The van der Waals surface area contributed by atoms with Crippen LogP contribution in [-0.4, -0.2) is 48.3 Å². The van der Waals surface area contributed by atoms with E-state index in [1.807, 2.05) is 18.2 Å². The van der Waals surface area contributed by atoms with E-state index in [-0.39, 0.29) is 6.54 Å². The molecule has 0 saturated heterocycles. The lowest BCUT2D eigenvalue weighted by molar-refractivity contribution is -0.139. The Morgan fingerprint density at radius 3 is 2.52 bits per heavy atom. The van der Waals surface area contributed by atoms with Crippen molar-refractivity contribution in [1.29, 1.82) is 0 Å². The van der Waals surface area contributed by atoms with Gasteiger partial charge >= 0.3 is 5.97 Å². The van der Waals surface area contributed by atoms with E-state index in [0.717, 1.165) is 48.7 Å². The fourth-order valence-electron chi connectivity index (χ4n) is 4.15. The van der Waals surface area contributed by atoms with Gasteiger partial charge in [-0.2, -0.15) is 0 Å². The Balaban J connectivity index is 1.26. The van der Waals surface area contributed by atoms with Crippen molar-refractivity contribution in [3.05, 3.63) is 54.1 Å². The molecule has 0 spiro atoms. The van der Waals surface area contributed by atoms with Gasteiger partial charge in [-0.15, -0.1) is 0 Å². The lowest BCUT2D eigenvalue weighted by Gasteiger charge is -2.43. The molecule has 2 fully saturated rings. The van der Waals surface area contributed by atoms with Crippen molar-refractivity contribution >= 4 is 5.97 Å². The number of hydrogen-bond acceptors (Lipinski definition) is 4. The summed E-state index contributed by atoms with van der Waals surface area (Å²) in [6, 6.07) is 17.6. The third-order valence-corrected chi connectivity index (χ3v) is 6.12. The first kappa shape index (κ1) is 19.9. The normalized spacial score (nSPS) is 21.0. The van der Waals surface area contributed by atoms with Crippen LogP contribution in [0.3, 0.4) is 0 Å². The maximum atomic E-state index is 11.2. The molecule has 0 atom stereocenters. The van der Waals surface area contributed by atoms with Crippen LogP contribution in [0.4, 0.5) is 0 Å². The van der Waals surface area contributed by atoms with Gasteiger partial charge in [0.1, 0.15) is 5.75 Å². The van der Waals surface area contributed by atoms with Crippen molar-refractivity contribution in [2.45, 2.75) is 44.3 Å².